The third kappa shape index (κ3) is 9.84. The predicted octanol–water partition coefficient (Wildman–Crippen LogP) is -0.806. The lowest BCUT2D eigenvalue weighted by atomic mass is 10.5. The maximum Gasteiger partial charge on any atom is 0.0698 e. The summed E-state index contributed by atoms with van der Waals surface area (Å²) < 4.78 is 5.06. The van der Waals surface area contributed by atoms with Crippen molar-refractivity contribution in [3.05, 3.63) is 0 Å². The number of aliphatic hydroxyl groups excluding tert-OH is 1. The van der Waals surface area contributed by atoms with Crippen LogP contribution < -0.4 is 10.6 Å². The van der Waals surface area contributed by atoms with E-state index in [9.17, 15) is 0 Å². The highest BCUT2D eigenvalue weighted by molar-refractivity contribution is 4.49. The van der Waals surface area contributed by atoms with Gasteiger partial charge in [-0.15, -0.1) is 0 Å². The molecule has 3 N–H and O–H groups in total. The molecule has 0 aromatic heterocycles. The van der Waals surface area contributed by atoms with Crippen molar-refractivity contribution in [1.82, 2.24) is 10.6 Å². The van der Waals surface area contributed by atoms with Gasteiger partial charge in [-0.3, -0.25) is 0 Å². The molecule has 0 aromatic rings. The zero-order chi connectivity index (χ0) is 9.07. The average Bonchev–Trinajstić information content (AvgIpc) is 2.10. The molecular weight excluding hydrogens is 156 g/mol. The van der Waals surface area contributed by atoms with E-state index in [1.165, 1.54) is 0 Å². The summed E-state index contributed by atoms with van der Waals surface area (Å²) in [4.78, 5) is 0. The molecule has 4 heteroatoms. The Morgan fingerprint density at radius 2 is 1.83 bits per heavy atom. The van der Waals surface area contributed by atoms with Gasteiger partial charge in [0.2, 0.25) is 0 Å². The van der Waals surface area contributed by atoms with Crippen molar-refractivity contribution in [2.24, 2.45) is 0 Å². The number of hydrogen-bond acceptors (Lipinski definition) is 4. The van der Waals surface area contributed by atoms with E-state index in [1.54, 1.807) is 0 Å². The molecule has 0 rings (SSSR count). The fourth-order valence-electron chi connectivity index (χ4n) is 0.790. The topological polar surface area (TPSA) is 53.5 Å². The molecule has 0 unspecified atom stereocenters. The van der Waals surface area contributed by atoms with Crippen LogP contribution in [0.25, 0.3) is 0 Å². The van der Waals surface area contributed by atoms with Crippen LogP contribution in [-0.2, 0) is 4.74 Å². The molecule has 0 atom stereocenters. The van der Waals surface area contributed by atoms with Crippen molar-refractivity contribution in [3.8, 4) is 0 Å². The van der Waals surface area contributed by atoms with Crippen LogP contribution in [0.15, 0.2) is 0 Å². The number of likely N-dealkylation sites (N-methyl/N-ethyl adjacent to an activating group) is 1. The molecule has 0 aliphatic rings. The first-order chi connectivity index (χ1) is 5.91. The summed E-state index contributed by atoms with van der Waals surface area (Å²) in [6.07, 6.45) is 0. The second-order valence-corrected chi connectivity index (χ2v) is 2.44. The van der Waals surface area contributed by atoms with E-state index in [2.05, 4.69) is 17.6 Å². The summed E-state index contributed by atoms with van der Waals surface area (Å²) >= 11 is 0. The summed E-state index contributed by atoms with van der Waals surface area (Å²) in [7, 11) is 0. The lowest BCUT2D eigenvalue weighted by Gasteiger charge is -2.04. The number of aliphatic hydroxyl groups is 1. The molecule has 12 heavy (non-hydrogen) atoms. The van der Waals surface area contributed by atoms with Crippen molar-refractivity contribution in [2.75, 3.05) is 46.0 Å². The molecule has 0 aliphatic heterocycles. The Hall–Kier alpha value is -0.160. The molecule has 0 fully saturated rings. The first-order valence-corrected chi connectivity index (χ1v) is 4.51. The van der Waals surface area contributed by atoms with Gasteiger partial charge in [0, 0.05) is 19.6 Å². The van der Waals surface area contributed by atoms with E-state index in [4.69, 9.17) is 9.84 Å². The number of ether oxygens (including phenoxy) is 1. The molecule has 0 saturated carbocycles. The molecule has 0 amide bonds. The van der Waals surface area contributed by atoms with E-state index in [0.717, 1.165) is 26.2 Å². The van der Waals surface area contributed by atoms with Crippen molar-refractivity contribution >= 4 is 0 Å². The quantitative estimate of drug-likeness (QED) is 0.402. The number of rotatable bonds is 9. The standard InChI is InChI=1S/C8H20N2O2/c1-2-9-3-4-10-5-7-12-8-6-11/h9-11H,2-8H2,1H3. The zero-order valence-corrected chi connectivity index (χ0v) is 7.81. The van der Waals surface area contributed by atoms with Gasteiger partial charge in [0.25, 0.3) is 0 Å². The fourth-order valence-corrected chi connectivity index (χ4v) is 0.790. The monoisotopic (exact) mass is 176 g/mol. The third-order valence-electron chi connectivity index (χ3n) is 1.39. The average molecular weight is 176 g/mol. The molecule has 74 valence electrons. The Morgan fingerprint density at radius 3 is 2.50 bits per heavy atom. The molecule has 4 nitrogen and oxygen atoms in total. The third-order valence-corrected chi connectivity index (χ3v) is 1.39. The Balaban J connectivity index is 2.73. The molecule has 0 saturated heterocycles. The van der Waals surface area contributed by atoms with Crippen LogP contribution >= 0.6 is 0 Å². The maximum atomic E-state index is 8.38. The fraction of sp³-hybridized carbons (Fsp3) is 1.00. The van der Waals surface area contributed by atoms with Crippen molar-refractivity contribution in [3.63, 3.8) is 0 Å². The summed E-state index contributed by atoms with van der Waals surface area (Å²) in [5.74, 6) is 0. The minimum Gasteiger partial charge on any atom is -0.394 e. The summed E-state index contributed by atoms with van der Waals surface area (Å²) in [5.41, 5.74) is 0. The van der Waals surface area contributed by atoms with Gasteiger partial charge < -0.3 is 20.5 Å². The van der Waals surface area contributed by atoms with E-state index >= 15 is 0 Å². The minimum atomic E-state index is 0.109. The highest BCUT2D eigenvalue weighted by atomic mass is 16.5. The van der Waals surface area contributed by atoms with Crippen molar-refractivity contribution in [1.29, 1.82) is 0 Å². The minimum absolute atomic E-state index is 0.109. The van der Waals surface area contributed by atoms with Crippen LogP contribution in [0.5, 0.6) is 0 Å². The second-order valence-electron chi connectivity index (χ2n) is 2.44. The van der Waals surface area contributed by atoms with Crippen LogP contribution in [-0.4, -0.2) is 51.1 Å². The van der Waals surface area contributed by atoms with E-state index in [1.807, 2.05) is 0 Å². The highest BCUT2D eigenvalue weighted by Crippen LogP contribution is 1.70. The van der Waals surface area contributed by atoms with Gasteiger partial charge in [0.05, 0.1) is 19.8 Å². The second kappa shape index (κ2) is 10.8. The van der Waals surface area contributed by atoms with E-state index in [0.29, 0.717) is 13.2 Å². The molecule has 0 radical (unpaired) electrons. The highest BCUT2D eigenvalue weighted by Gasteiger charge is 1.87. The van der Waals surface area contributed by atoms with Crippen molar-refractivity contribution < 1.29 is 9.84 Å². The molecule has 0 aliphatic carbocycles. The first-order valence-electron chi connectivity index (χ1n) is 4.51. The summed E-state index contributed by atoms with van der Waals surface area (Å²) in [6.45, 7) is 7.14. The lowest BCUT2D eigenvalue weighted by Crippen LogP contribution is -2.29. The Kier molecular flexibility index (Phi) is 10.7. The van der Waals surface area contributed by atoms with E-state index in [-0.39, 0.29) is 6.61 Å². The number of nitrogens with one attached hydrogen (secondary N) is 2. The van der Waals surface area contributed by atoms with E-state index < -0.39 is 0 Å². The van der Waals surface area contributed by atoms with Gasteiger partial charge in [-0.05, 0) is 6.54 Å². The Morgan fingerprint density at radius 1 is 1.08 bits per heavy atom. The van der Waals surface area contributed by atoms with Gasteiger partial charge in [0.15, 0.2) is 0 Å². The Bertz CT molecular complexity index is 71.5. The van der Waals surface area contributed by atoms with Gasteiger partial charge in [-0.1, -0.05) is 6.92 Å². The maximum absolute atomic E-state index is 8.38. The van der Waals surface area contributed by atoms with Crippen LogP contribution in [0.3, 0.4) is 0 Å². The van der Waals surface area contributed by atoms with Gasteiger partial charge in [0.1, 0.15) is 0 Å². The SMILES string of the molecule is CCNCCNCCOCCO. The molecule has 0 bridgehead atoms. The lowest BCUT2D eigenvalue weighted by molar-refractivity contribution is 0.0940. The largest absolute Gasteiger partial charge is 0.394 e. The van der Waals surface area contributed by atoms with Crippen LogP contribution in [0, 0.1) is 0 Å². The van der Waals surface area contributed by atoms with Gasteiger partial charge in [-0.2, -0.15) is 0 Å². The zero-order valence-electron chi connectivity index (χ0n) is 7.81. The van der Waals surface area contributed by atoms with Gasteiger partial charge in [-0.25, -0.2) is 0 Å². The first kappa shape index (κ1) is 11.8. The normalized spacial score (nSPS) is 10.5. The number of hydrogen-bond donors (Lipinski definition) is 3. The van der Waals surface area contributed by atoms with Crippen molar-refractivity contribution in [2.45, 2.75) is 6.92 Å². The van der Waals surface area contributed by atoms with Crippen LogP contribution in [0.2, 0.25) is 0 Å². The molecule has 0 spiro atoms. The Labute approximate surface area is 74.3 Å². The van der Waals surface area contributed by atoms with Crippen LogP contribution in [0.4, 0.5) is 0 Å². The van der Waals surface area contributed by atoms with Gasteiger partial charge >= 0.3 is 0 Å². The molecular formula is C8H20N2O2. The van der Waals surface area contributed by atoms with Crippen LogP contribution in [0.1, 0.15) is 6.92 Å². The summed E-state index contributed by atoms with van der Waals surface area (Å²) in [6, 6.07) is 0. The molecule has 0 aromatic carbocycles. The smallest absolute Gasteiger partial charge is 0.0698 e. The molecule has 0 heterocycles. The summed E-state index contributed by atoms with van der Waals surface area (Å²) in [5, 5.41) is 14.8. The predicted molar refractivity (Wildman–Crippen MR) is 49.3 cm³/mol.